The van der Waals surface area contributed by atoms with Crippen LogP contribution in [0.2, 0.25) is 0 Å². The maximum atomic E-state index is 6.00. The summed E-state index contributed by atoms with van der Waals surface area (Å²) >= 11 is 0. The van der Waals surface area contributed by atoms with Gasteiger partial charge in [0, 0.05) is 27.2 Å². The highest BCUT2D eigenvalue weighted by molar-refractivity contribution is 4.90. The molecule has 0 aliphatic heterocycles. The maximum absolute atomic E-state index is 6.00. The van der Waals surface area contributed by atoms with Gasteiger partial charge >= 0.3 is 0 Å². The Labute approximate surface area is 102 Å². The Bertz CT molecular complexity index is 323. The van der Waals surface area contributed by atoms with E-state index < -0.39 is 6.29 Å². The highest BCUT2D eigenvalue weighted by Gasteiger charge is 2.19. The summed E-state index contributed by atoms with van der Waals surface area (Å²) in [6.07, 6.45) is 1.72. The molecule has 1 rings (SSSR count). The Balaban J connectivity index is 2.64. The fourth-order valence-corrected chi connectivity index (χ4v) is 1.70. The molecule has 1 aromatic heterocycles. The summed E-state index contributed by atoms with van der Waals surface area (Å²) in [7, 11) is 3.15. The number of hydrogen-bond donors (Lipinski definition) is 1. The lowest BCUT2D eigenvalue weighted by molar-refractivity contribution is -0.116. The zero-order valence-electron chi connectivity index (χ0n) is 11.0. The molecule has 0 aromatic carbocycles. The van der Waals surface area contributed by atoms with Crippen LogP contribution in [0.25, 0.3) is 0 Å². The lowest BCUT2D eigenvalue weighted by atomic mass is 10.2. The minimum Gasteiger partial charge on any atom is -0.354 e. The van der Waals surface area contributed by atoms with E-state index in [9.17, 15) is 0 Å². The van der Waals surface area contributed by atoms with Crippen molar-refractivity contribution in [2.45, 2.75) is 39.1 Å². The molecule has 1 atom stereocenters. The van der Waals surface area contributed by atoms with Crippen molar-refractivity contribution < 1.29 is 9.47 Å². The van der Waals surface area contributed by atoms with Gasteiger partial charge in [0.15, 0.2) is 6.29 Å². The molecule has 1 unspecified atom stereocenters. The Morgan fingerprint density at radius 3 is 2.53 bits per heavy atom. The van der Waals surface area contributed by atoms with Gasteiger partial charge in [0.2, 0.25) is 0 Å². The maximum Gasteiger partial charge on any atom is 0.172 e. The lowest BCUT2D eigenvalue weighted by Crippen LogP contribution is -2.40. The van der Waals surface area contributed by atoms with Crippen LogP contribution in [0.5, 0.6) is 0 Å². The van der Waals surface area contributed by atoms with Crippen LogP contribution in [-0.2, 0) is 22.4 Å². The van der Waals surface area contributed by atoms with Gasteiger partial charge in [0.05, 0.1) is 6.04 Å². The number of ether oxygens (including phenoxy) is 2. The van der Waals surface area contributed by atoms with Crippen molar-refractivity contribution in [3.8, 4) is 0 Å². The number of methoxy groups -OCH3 is 2. The second-order valence-electron chi connectivity index (χ2n) is 4.46. The number of nitrogens with zero attached hydrogens (tertiary/aromatic N) is 3. The van der Waals surface area contributed by atoms with Crippen LogP contribution in [-0.4, -0.2) is 41.3 Å². The molecule has 6 heteroatoms. The summed E-state index contributed by atoms with van der Waals surface area (Å²) in [5.74, 6) is 1.39. The standard InChI is InChI=1S/C11H22N4O2/c1-8(2)6-15-10(13-7-14-15)5-9(12)11(16-3)17-4/h7-9,11H,5-6,12H2,1-4H3. The fourth-order valence-electron chi connectivity index (χ4n) is 1.70. The second-order valence-corrected chi connectivity index (χ2v) is 4.46. The van der Waals surface area contributed by atoms with Gasteiger partial charge in [0.25, 0.3) is 0 Å². The second kappa shape index (κ2) is 6.68. The van der Waals surface area contributed by atoms with Gasteiger partial charge in [-0.2, -0.15) is 5.10 Å². The molecule has 0 spiro atoms. The van der Waals surface area contributed by atoms with Crippen molar-refractivity contribution >= 4 is 0 Å². The third-order valence-corrected chi connectivity index (χ3v) is 2.47. The first-order valence-corrected chi connectivity index (χ1v) is 5.76. The molecule has 0 bridgehead atoms. The Morgan fingerprint density at radius 2 is 2.00 bits per heavy atom. The van der Waals surface area contributed by atoms with E-state index in [0.29, 0.717) is 12.3 Å². The van der Waals surface area contributed by atoms with E-state index in [4.69, 9.17) is 15.2 Å². The van der Waals surface area contributed by atoms with E-state index in [-0.39, 0.29) is 6.04 Å². The van der Waals surface area contributed by atoms with E-state index in [1.54, 1.807) is 20.5 Å². The van der Waals surface area contributed by atoms with E-state index in [1.165, 1.54) is 0 Å². The summed E-state index contributed by atoms with van der Waals surface area (Å²) < 4.78 is 12.1. The van der Waals surface area contributed by atoms with Gasteiger partial charge in [-0.1, -0.05) is 13.8 Å². The van der Waals surface area contributed by atoms with Crippen LogP contribution < -0.4 is 5.73 Å². The molecule has 0 fully saturated rings. The third-order valence-electron chi connectivity index (χ3n) is 2.47. The SMILES string of the molecule is COC(OC)C(N)Cc1ncnn1CC(C)C. The Kier molecular flexibility index (Phi) is 5.54. The van der Waals surface area contributed by atoms with Gasteiger partial charge in [-0.05, 0) is 5.92 Å². The zero-order valence-corrected chi connectivity index (χ0v) is 11.0. The predicted octanol–water partition coefficient (Wildman–Crippen LogP) is 0.423. The van der Waals surface area contributed by atoms with E-state index in [0.717, 1.165) is 12.4 Å². The molecule has 0 amide bonds. The number of hydrogen-bond acceptors (Lipinski definition) is 5. The minimum absolute atomic E-state index is 0.250. The predicted molar refractivity (Wildman–Crippen MR) is 64.3 cm³/mol. The summed E-state index contributed by atoms with van der Waals surface area (Å²) in [5, 5.41) is 4.19. The average Bonchev–Trinajstić information content (AvgIpc) is 2.66. The molecule has 0 saturated heterocycles. The molecule has 2 N–H and O–H groups in total. The Hall–Kier alpha value is -0.980. The number of nitrogens with two attached hydrogens (primary N) is 1. The van der Waals surface area contributed by atoms with Gasteiger partial charge < -0.3 is 15.2 Å². The van der Waals surface area contributed by atoms with Crippen molar-refractivity contribution in [3.05, 3.63) is 12.2 Å². The molecule has 0 aliphatic rings. The van der Waals surface area contributed by atoms with Crippen molar-refractivity contribution in [1.82, 2.24) is 14.8 Å². The molecule has 98 valence electrons. The molecule has 17 heavy (non-hydrogen) atoms. The van der Waals surface area contributed by atoms with Crippen LogP contribution in [0.4, 0.5) is 0 Å². The molecular weight excluding hydrogens is 220 g/mol. The van der Waals surface area contributed by atoms with Crippen LogP contribution in [0.1, 0.15) is 19.7 Å². The molecule has 1 heterocycles. The van der Waals surface area contributed by atoms with Gasteiger partial charge in [0.1, 0.15) is 12.2 Å². The van der Waals surface area contributed by atoms with Crippen LogP contribution in [0.3, 0.4) is 0 Å². The number of rotatable bonds is 7. The zero-order chi connectivity index (χ0) is 12.8. The molecule has 1 aromatic rings. The van der Waals surface area contributed by atoms with E-state index in [2.05, 4.69) is 23.9 Å². The quantitative estimate of drug-likeness (QED) is 0.701. The van der Waals surface area contributed by atoms with Crippen molar-refractivity contribution in [2.75, 3.05) is 14.2 Å². The first-order valence-electron chi connectivity index (χ1n) is 5.76. The van der Waals surface area contributed by atoms with Crippen LogP contribution in [0, 0.1) is 5.92 Å². The smallest absolute Gasteiger partial charge is 0.172 e. The summed E-state index contributed by atoms with van der Waals surface area (Å²) in [6, 6.07) is -0.250. The highest BCUT2D eigenvalue weighted by Crippen LogP contribution is 2.06. The first kappa shape index (κ1) is 14.1. The van der Waals surface area contributed by atoms with E-state index in [1.807, 2.05) is 4.68 Å². The summed E-state index contributed by atoms with van der Waals surface area (Å²) in [6.45, 7) is 5.11. The summed E-state index contributed by atoms with van der Waals surface area (Å²) in [5.41, 5.74) is 6.00. The summed E-state index contributed by atoms with van der Waals surface area (Å²) in [4.78, 5) is 4.22. The van der Waals surface area contributed by atoms with Crippen molar-refractivity contribution in [3.63, 3.8) is 0 Å². The fraction of sp³-hybridized carbons (Fsp3) is 0.818. The molecule has 0 radical (unpaired) electrons. The molecule has 0 saturated carbocycles. The molecule has 0 aliphatic carbocycles. The normalized spacial score (nSPS) is 13.6. The van der Waals surface area contributed by atoms with Gasteiger partial charge in [-0.25, -0.2) is 9.67 Å². The van der Waals surface area contributed by atoms with Crippen molar-refractivity contribution in [1.29, 1.82) is 0 Å². The van der Waals surface area contributed by atoms with E-state index >= 15 is 0 Å². The minimum atomic E-state index is -0.417. The average molecular weight is 242 g/mol. The number of aromatic nitrogens is 3. The lowest BCUT2D eigenvalue weighted by Gasteiger charge is -2.20. The van der Waals surface area contributed by atoms with Crippen LogP contribution >= 0.6 is 0 Å². The topological polar surface area (TPSA) is 75.2 Å². The van der Waals surface area contributed by atoms with Crippen molar-refractivity contribution in [2.24, 2.45) is 11.7 Å². The van der Waals surface area contributed by atoms with Crippen LogP contribution in [0.15, 0.2) is 6.33 Å². The first-order chi connectivity index (χ1) is 8.08. The molecular formula is C11H22N4O2. The third kappa shape index (κ3) is 4.07. The van der Waals surface area contributed by atoms with Gasteiger partial charge in [-0.3, -0.25) is 0 Å². The largest absolute Gasteiger partial charge is 0.354 e. The van der Waals surface area contributed by atoms with Gasteiger partial charge in [-0.15, -0.1) is 0 Å². The molecule has 6 nitrogen and oxygen atoms in total. The highest BCUT2D eigenvalue weighted by atomic mass is 16.7. The monoisotopic (exact) mass is 242 g/mol. The Morgan fingerprint density at radius 1 is 1.35 bits per heavy atom.